The molecule has 162 valence electrons. The van der Waals surface area contributed by atoms with Gasteiger partial charge in [-0.25, -0.2) is 9.78 Å². The average molecular weight is 449 g/mol. The van der Waals surface area contributed by atoms with E-state index in [4.69, 9.17) is 4.74 Å². The number of aromatic nitrogens is 2. The van der Waals surface area contributed by atoms with E-state index in [0.29, 0.717) is 21.5 Å². The quantitative estimate of drug-likeness (QED) is 0.452. The lowest BCUT2D eigenvalue weighted by molar-refractivity contribution is -0.116. The number of nitrogens with zero attached hydrogens (tertiary/aromatic N) is 2. The molecule has 2 aromatic carbocycles. The summed E-state index contributed by atoms with van der Waals surface area (Å²) in [5.74, 6) is -0.0979. The van der Waals surface area contributed by atoms with Gasteiger partial charge in [-0.3, -0.25) is 14.2 Å². The van der Waals surface area contributed by atoms with E-state index in [2.05, 4.69) is 15.0 Å². The largest absolute Gasteiger partial charge is 0.497 e. The Kier molecular flexibility index (Phi) is 6.00. The van der Waals surface area contributed by atoms with Crippen molar-refractivity contribution in [2.24, 2.45) is 0 Å². The van der Waals surface area contributed by atoms with Crippen LogP contribution >= 0.6 is 11.3 Å². The number of nitrogens with one attached hydrogen (secondary N) is 1. The van der Waals surface area contributed by atoms with Crippen molar-refractivity contribution in [3.63, 3.8) is 0 Å². The Hall–Kier alpha value is -3.98. The summed E-state index contributed by atoms with van der Waals surface area (Å²) in [5.41, 5.74) is 2.97. The molecule has 0 spiro atoms. The first kappa shape index (κ1) is 21.3. The standard InChI is InChI=1S/C23H19N3O5S/c1-30-17-9-5-14(6-10-17)18-12-32-21-20(18)24-13-26(22(21)28)11-19(27)25-16-7-3-15(4-8-16)23(29)31-2/h3-10,12-13H,11H2,1-2H3,(H,25,27). The van der Waals surface area contributed by atoms with Crippen LogP contribution in [0.4, 0.5) is 5.69 Å². The lowest BCUT2D eigenvalue weighted by Crippen LogP contribution is -2.27. The number of anilines is 1. The Balaban J connectivity index is 1.52. The molecule has 0 aliphatic rings. The molecular formula is C23H19N3O5S. The zero-order valence-electron chi connectivity index (χ0n) is 17.3. The number of carbonyl (C=O) groups is 2. The smallest absolute Gasteiger partial charge is 0.337 e. The molecule has 0 fully saturated rings. The van der Waals surface area contributed by atoms with Crippen LogP contribution in [0.1, 0.15) is 10.4 Å². The Bertz CT molecular complexity index is 1340. The molecule has 1 amide bonds. The van der Waals surface area contributed by atoms with E-state index in [-0.39, 0.29) is 18.0 Å². The fourth-order valence-corrected chi connectivity index (χ4v) is 4.17. The topological polar surface area (TPSA) is 99.5 Å². The average Bonchev–Trinajstić information content (AvgIpc) is 3.26. The van der Waals surface area contributed by atoms with Crippen LogP contribution in [0.25, 0.3) is 21.3 Å². The van der Waals surface area contributed by atoms with Crippen molar-refractivity contribution in [3.05, 3.63) is 76.2 Å². The maximum absolute atomic E-state index is 12.9. The molecule has 2 heterocycles. The lowest BCUT2D eigenvalue weighted by atomic mass is 10.1. The van der Waals surface area contributed by atoms with Crippen molar-refractivity contribution in [2.45, 2.75) is 6.54 Å². The Morgan fingerprint density at radius 2 is 1.78 bits per heavy atom. The molecular weight excluding hydrogens is 430 g/mol. The monoisotopic (exact) mass is 449 g/mol. The summed E-state index contributed by atoms with van der Waals surface area (Å²) in [6, 6.07) is 13.8. The fraction of sp³-hybridized carbons (Fsp3) is 0.130. The van der Waals surface area contributed by atoms with Gasteiger partial charge < -0.3 is 14.8 Å². The highest BCUT2D eigenvalue weighted by Gasteiger charge is 2.14. The summed E-state index contributed by atoms with van der Waals surface area (Å²) in [4.78, 5) is 41.3. The van der Waals surface area contributed by atoms with Crippen molar-refractivity contribution >= 4 is 39.1 Å². The van der Waals surface area contributed by atoms with Crippen LogP contribution in [0.3, 0.4) is 0 Å². The summed E-state index contributed by atoms with van der Waals surface area (Å²) >= 11 is 1.29. The molecule has 9 heteroatoms. The number of hydrogen-bond donors (Lipinski definition) is 1. The maximum Gasteiger partial charge on any atom is 0.337 e. The van der Waals surface area contributed by atoms with Gasteiger partial charge >= 0.3 is 5.97 Å². The predicted molar refractivity (Wildman–Crippen MR) is 122 cm³/mol. The number of ether oxygens (including phenoxy) is 2. The van der Waals surface area contributed by atoms with Crippen LogP contribution in [-0.4, -0.2) is 35.6 Å². The van der Waals surface area contributed by atoms with E-state index in [0.717, 1.165) is 16.9 Å². The second kappa shape index (κ2) is 9.03. The fourth-order valence-electron chi connectivity index (χ4n) is 3.19. The molecule has 0 saturated carbocycles. The van der Waals surface area contributed by atoms with Gasteiger partial charge in [-0.2, -0.15) is 0 Å². The molecule has 8 nitrogen and oxygen atoms in total. The number of carbonyl (C=O) groups excluding carboxylic acids is 2. The molecule has 2 aromatic heterocycles. The maximum atomic E-state index is 12.9. The van der Waals surface area contributed by atoms with Gasteiger partial charge in [0, 0.05) is 16.6 Å². The zero-order valence-corrected chi connectivity index (χ0v) is 18.1. The molecule has 0 saturated heterocycles. The number of benzene rings is 2. The number of thiophene rings is 1. The van der Waals surface area contributed by atoms with E-state index in [9.17, 15) is 14.4 Å². The molecule has 1 N–H and O–H groups in total. The summed E-state index contributed by atoms with van der Waals surface area (Å²) in [7, 11) is 2.90. The van der Waals surface area contributed by atoms with Gasteiger partial charge in [-0.05, 0) is 42.0 Å². The van der Waals surface area contributed by atoms with Crippen molar-refractivity contribution < 1.29 is 19.1 Å². The predicted octanol–water partition coefficient (Wildman–Crippen LogP) is 3.56. The summed E-state index contributed by atoms with van der Waals surface area (Å²) in [6.45, 7) is -0.184. The highest BCUT2D eigenvalue weighted by molar-refractivity contribution is 7.17. The van der Waals surface area contributed by atoms with Crippen LogP contribution in [-0.2, 0) is 16.1 Å². The van der Waals surface area contributed by atoms with E-state index in [1.807, 2.05) is 29.6 Å². The number of rotatable bonds is 6. The number of esters is 1. The Morgan fingerprint density at radius 1 is 1.06 bits per heavy atom. The van der Waals surface area contributed by atoms with Gasteiger partial charge in [0.05, 0.1) is 31.6 Å². The first-order valence-electron chi connectivity index (χ1n) is 9.59. The van der Waals surface area contributed by atoms with Crippen LogP contribution in [0.2, 0.25) is 0 Å². The summed E-state index contributed by atoms with van der Waals surface area (Å²) < 4.78 is 11.6. The van der Waals surface area contributed by atoms with Crippen LogP contribution < -0.4 is 15.6 Å². The van der Waals surface area contributed by atoms with Gasteiger partial charge in [0.15, 0.2) is 0 Å². The minimum absolute atomic E-state index is 0.184. The minimum atomic E-state index is -0.459. The highest BCUT2D eigenvalue weighted by Crippen LogP contribution is 2.31. The van der Waals surface area contributed by atoms with Crippen molar-refractivity contribution in [3.8, 4) is 16.9 Å². The normalized spacial score (nSPS) is 10.7. The second-order valence-electron chi connectivity index (χ2n) is 6.85. The first-order chi connectivity index (χ1) is 15.5. The third kappa shape index (κ3) is 4.23. The van der Waals surface area contributed by atoms with E-state index < -0.39 is 5.97 Å². The molecule has 4 aromatic rings. The number of hydrogen-bond acceptors (Lipinski definition) is 7. The van der Waals surface area contributed by atoms with Crippen molar-refractivity contribution in [1.29, 1.82) is 0 Å². The number of methoxy groups -OCH3 is 2. The molecule has 0 radical (unpaired) electrons. The second-order valence-corrected chi connectivity index (χ2v) is 7.73. The van der Waals surface area contributed by atoms with Crippen LogP contribution in [0.15, 0.2) is 65.0 Å². The van der Waals surface area contributed by atoms with Crippen molar-refractivity contribution in [2.75, 3.05) is 19.5 Å². The summed E-state index contributed by atoms with van der Waals surface area (Å²) in [6.07, 6.45) is 1.38. The first-order valence-corrected chi connectivity index (χ1v) is 10.5. The van der Waals surface area contributed by atoms with Crippen LogP contribution in [0, 0.1) is 0 Å². The zero-order chi connectivity index (χ0) is 22.7. The number of amides is 1. The van der Waals surface area contributed by atoms with Gasteiger partial charge in [0.2, 0.25) is 5.91 Å². The molecule has 0 unspecified atom stereocenters. The third-order valence-electron chi connectivity index (χ3n) is 4.85. The van der Waals surface area contributed by atoms with Crippen molar-refractivity contribution in [1.82, 2.24) is 9.55 Å². The van der Waals surface area contributed by atoms with Gasteiger partial charge in [-0.1, -0.05) is 12.1 Å². The molecule has 32 heavy (non-hydrogen) atoms. The van der Waals surface area contributed by atoms with Gasteiger partial charge in [0.1, 0.15) is 17.0 Å². The molecule has 4 rings (SSSR count). The Morgan fingerprint density at radius 3 is 2.44 bits per heavy atom. The van der Waals surface area contributed by atoms with E-state index >= 15 is 0 Å². The van der Waals surface area contributed by atoms with Gasteiger partial charge in [0.25, 0.3) is 5.56 Å². The summed E-state index contributed by atoms with van der Waals surface area (Å²) in [5, 5.41) is 4.59. The molecule has 0 bridgehead atoms. The van der Waals surface area contributed by atoms with Gasteiger partial charge in [-0.15, -0.1) is 11.3 Å². The highest BCUT2D eigenvalue weighted by atomic mass is 32.1. The minimum Gasteiger partial charge on any atom is -0.497 e. The third-order valence-corrected chi connectivity index (χ3v) is 5.81. The van der Waals surface area contributed by atoms with E-state index in [1.54, 1.807) is 31.4 Å². The molecule has 0 aliphatic carbocycles. The molecule has 0 aliphatic heterocycles. The van der Waals surface area contributed by atoms with Crippen LogP contribution in [0.5, 0.6) is 5.75 Å². The lowest BCUT2D eigenvalue weighted by Gasteiger charge is -2.08. The molecule has 0 atom stereocenters. The number of fused-ring (bicyclic) bond motifs is 1. The Labute approximate surface area is 187 Å². The SMILES string of the molecule is COC(=O)c1ccc(NC(=O)Cn2cnc3c(-c4ccc(OC)cc4)csc3c2=O)cc1. The van der Waals surface area contributed by atoms with E-state index in [1.165, 1.54) is 29.3 Å².